The number of allylic oxidation sites excluding steroid dienone is 2. The number of benzene rings is 3. The van der Waals surface area contributed by atoms with Crippen molar-refractivity contribution in [2.45, 2.75) is 25.4 Å². The van der Waals surface area contributed by atoms with Gasteiger partial charge in [0, 0.05) is 12.1 Å². The predicted molar refractivity (Wildman–Crippen MR) is 118 cm³/mol. The monoisotopic (exact) mass is 395 g/mol. The first-order valence-corrected chi connectivity index (χ1v) is 10.1. The van der Waals surface area contributed by atoms with E-state index in [1.165, 1.54) is 40.0 Å². The van der Waals surface area contributed by atoms with Gasteiger partial charge in [0.25, 0.3) is 5.69 Å². The molecule has 2 aliphatic carbocycles. The molecular weight excluding hydrogens is 374 g/mol. The normalized spacial score (nSPS) is 17.2. The molecule has 3 aromatic carbocycles. The quantitative estimate of drug-likeness (QED) is 0.366. The molecule has 0 spiro atoms. The van der Waals surface area contributed by atoms with Gasteiger partial charge in [0.1, 0.15) is 12.4 Å². The van der Waals surface area contributed by atoms with Gasteiger partial charge in [0.05, 0.1) is 10.8 Å². The highest BCUT2D eigenvalue weighted by atomic mass is 16.6. The van der Waals surface area contributed by atoms with Crippen LogP contribution < -0.4 is 0 Å². The second-order valence-corrected chi connectivity index (χ2v) is 7.70. The summed E-state index contributed by atoms with van der Waals surface area (Å²) in [5, 5.41) is 10.9. The Hall–Kier alpha value is -3.66. The third-order valence-electron chi connectivity index (χ3n) is 5.91. The molecule has 0 radical (unpaired) electrons. The molecule has 148 valence electrons. The topological polar surface area (TPSA) is 52.4 Å². The molecule has 0 amide bonds. The summed E-state index contributed by atoms with van der Waals surface area (Å²) in [5.74, 6) is 1.14. The number of nitro groups is 1. The largest absolute Gasteiger partial charge is 0.492 e. The number of rotatable bonds is 5. The predicted octanol–water partition coefficient (Wildman–Crippen LogP) is 6.50. The molecule has 4 heteroatoms. The van der Waals surface area contributed by atoms with Crippen LogP contribution in [0.1, 0.15) is 41.0 Å². The Labute approximate surface area is 175 Å². The van der Waals surface area contributed by atoms with Crippen LogP contribution in [0.5, 0.6) is 0 Å². The molecule has 0 bridgehead atoms. The molecule has 3 aromatic rings. The molecule has 2 aliphatic rings. The van der Waals surface area contributed by atoms with Crippen molar-refractivity contribution in [1.82, 2.24) is 0 Å². The summed E-state index contributed by atoms with van der Waals surface area (Å²) in [6.45, 7) is 0.385. The molecule has 0 saturated carbocycles. The minimum Gasteiger partial charge on any atom is -0.492 e. The Morgan fingerprint density at radius 1 is 0.900 bits per heavy atom. The van der Waals surface area contributed by atoms with E-state index in [4.69, 9.17) is 4.74 Å². The fourth-order valence-corrected chi connectivity index (χ4v) is 4.45. The molecule has 0 fully saturated rings. The highest BCUT2D eigenvalue weighted by Crippen LogP contribution is 2.50. The Kier molecular flexibility index (Phi) is 4.68. The van der Waals surface area contributed by atoms with Gasteiger partial charge < -0.3 is 4.74 Å². The zero-order chi connectivity index (χ0) is 20.5. The fraction of sp³-hybridized carbons (Fsp3) is 0.154. The van der Waals surface area contributed by atoms with E-state index < -0.39 is 0 Å². The molecule has 1 atom stereocenters. The van der Waals surface area contributed by atoms with Crippen LogP contribution in [0.3, 0.4) is 0 Å². The Bertz CT molecular complexity index is 1160. The minimum atomic E-state index is -0.381. The first-order valence-electron chi connectivity index (χ1n) is 10.1. The Morgan fingerprint density at radius 2 is 1.63 bits per heavy atom. The number of nitro benzene ring substituents is 1. The van der Waals surface area contributed by atoms with Crippen molar-refractivity contribution < 1.29 is 9.66 Å². The van der Waals surface area contributed by atoms with Gasteiger partial charge in [-0.1, -0.05) is 66.2 Å². The van der Waals surface area contributed by atoms with Crippen molar-refractivity contribution in [3.8, 4) is 0 Å². The molecule has 1 unspecified atom stereocenters. The van der Waals surface area contributed by atoms with Gasteiger partial charge in [-0.05, 0) is 52.8 Å². The molecule has 0 aromatic heterocycles. The number of nitrogens with zero attached hydrogens (tertiary/aromatic N) is 1. The van der Waals surface area contributed by atoms with Gasteiger partial charge in [0.2, 0.25) is 0 Å². The number of fused-ring (bicyclic) bond motifs is 3. The smallest absolute Gasteiger partial charge is 0.269 e. The number of hydrogen-bond donors (Lipinski definition) is 0. The molecule has 4 nitrogen and oxygen atoms in total. The maximum atomic E-state index is 10.9. The molecule has 0 saturated heterocycles. The van der Waals surface area contributed by atoms with Gasteiger partial charge >= 0.3 is 0 Å². The fourth-order valence-electron chi connectivity index (χ4n) is 4.45. The summed E-state index contributed by atoms with van der Waals surface area (Å²) >= 11 is 0. The third kappa shape index (κ3) is 3.30. The van der Waals surface area contributed by atoms with Crippen molar-refractivity contribution in [3.05, 3.63) is 123 Å². The third-order valence-corrected chi connectivity index (χ3v) is 5.91. The second-order valence-electron chi connectivity index (χ2n) is 7.70. The number of ether oxygens (including phenoxy) is 1. The highest BCUT2D eigenvalue weighted by molar-refractivity contribution is 5.78. The van der Waals surface area contributed by atoms with Crippen molar-refractivity contribution >= 4 is 17.3 Å². The second kappa shape index (κ2) is 7.64. The highest BCUT2D eigenvalue weighted by Gasteiger charge is 2.35. The van der Waals surface area contributed by atoms with E-state index in [0.29, 0.717) is 6.61 Å². The van der Waals surface area contributed by atoms with Crippen LogP contribution in [0.4, 0.5) is 5.69 Å². The van der Waals surface area contributed by atoms with Gasteiger partial charge in [-0.2, -0.15) is 0 Å². The summed E-state index contributed by atoms with van der Waals surface area (Å²) in [6, 6.07) is 25.5. The maximum absolute atomic E-state index is 10.9. The van der Waals surface area contributed by atoms with Crippen LogP contribution >= 0.6 is 0 Å². The van der Waals surface area contributed by atoms with Crippen LogP contribution in [0.15, 0.2) is 90.2 Å². The summed E-state index contributed by atoms with van der Waals surface area (Å²) in [5.41, 5.74) is 7.41. The number of non-ortho nitro benzene ring substituents is 1. The van der Waals surface area contributed by atoms with E-state index in [1.54, 1.807) is 12.1 Å². The molecule has 0 aliphatic heterocycles. The SMILES string of the molecule is O=[N+]([O-])c1ccc(COC2=C(c3ccccc3)CCC3=Cc4ccccc4C32)cc1. The van der Waals surface area contributed by atoms with Crippen molar-refractivity contribution in [1.29, 1.82) is 0 Å². The first-order chi connectivity index (χ1) is 14.7. The van der Waals surface area contributed by atoms with Crippen LogP contribution in [-0.2, 0) is 11.3 Å². The summed E-state index contributed by atoms with van der Waals surface area (Å²) in [7, 11) is 0. The first kappa shape index (κ1) is 18.4. The molecule has 5 rings (SSSR count). The lowest BCUT2D eigenvalue weighted by Crippen LogP contribution is -2.14. The van der Waals surface area contributed by atoms with Gasteiger partial charge in [0.15, 0.2) is 0 Å². The van der Waals surface area contributed by atoms with E-state index >= 15 is 0 Å². The minimum absolute atomic E-state index is 0.0931. The van der Waals surface area contributed by atoms with Crippen LogP contribution in [0.2, 0.25) is 0 Å². The average molecular weight is 395 g/mol. The van der Waals surface area contributed by atoms with Crippen LogP contribution in [0.25, 0.3) is 11.6 Å². The Balaban J connectivity index is 1.52. The summed E-state index contributed by atoms with van der Waals surface area (Å²) in [4.78, 5) is 10.5. The lowest BCUT2D eigenvalue weighted by Gasteiger charge is -2.29. The summed E-state index contributed by atoms with van der Waals surface area (Å²) in [6.07, 6.45) is 4.26. The molecule has 0 N–H and O–H groups in total. The van der Waals surface area contributed by atoms with E-state index in [2.05, 4.69) is 54.6 Å². The average Bonchev–Trinajstić information content (AvgIpc) is 3.17. The molecular formula is C26H21NO3. The maximum Gasteiger partial charge on any atom is 0.269 e. The lowest BCUT2D eigenvalue weighted by atomic mass is 9.80. The van der Waals surface area contributed by atoms with Crippen LogP contribution in [0, 0.1) is 10.1 Å². The van der Waals surface area contributed by atoms with Gasteiger partial charge in [-0.3, -0.25) is 10.1 Å². The van der Waals surface area contributed by atoms with Crippen molar-refractivity contribution in [2.24, 2.45) is 0 Å². The standard InChI is InChI=1S/C26H21NO3/c28-27(29)22-13-10-18(11-14-22)17-30-26-24(19-6-2-1-3-7-19)15-12-21-16-20-8-4-5-9-23(20)25(21)26/h1-11,13-14,16,25H,12,15,17H2. The van der Waals surface area contributed by atoms with E-state index in [-0.39, 0.29) is 16.5 Å². The van der Waals surface area contributed by atoms with E-state index in [1.807, 2.05) is 6.07 Å². The number of hydrogen-bond acceptors (Lipinski definition) is 3. The molecule has 0 heterocycles. The Morgan fingerprint density at radius 3 is 2.40 bits per heavy atom. The van der Waals surface area contributed by atoms with Crippen molar-refractivity contribution in [2.75, 3.05) is 0 Å². The lowest BCUT2D eigenvalue weighted by molar-refractivity contribution is -0.384. The summed E-state index contributed by atoms with van der Waals surface area (Å²) < 4.78 is 6.48. The van der Waals surface area contributed by atoms with Gasteiger partial charge in [-0.25, -0.2) is 0 Å². The zero-order valence-electron chi connectivity index (χ0n) is 16.5. The molecule has 30 heavy (non-hydrogen) atoms. The zero-order valence-corrected chi connectivity index (χ0v) is 16.5. The van der Waals surface area contributed by atoms with Crippen LogP contribution in [-0.4, -0.2) is 4.92 Å². The van der Waals surface area contributed by atoms with E-state index in [9.17, 15) is 10.1 Å². The van der Waals surface area contributed by atoms with Gasteiger partial charge in [-0.15, -0.1) is 0 Å². The van der Waals surface area contributed by atoms with E-state index in [0.717, 1.165) is 24.2 Å². The van der Waals surface area contributed by atoms with Crippen molar-refractivity contribution in [3.63, 3.8) is 0 Å².